The first-order chi connectivity index (χ1) is 31.2. The molecule has 0 aromatic heterocycles. The molecule has 1 rings (SSSR count). The highest BCUT2D eigenvalue weighted by Crippen LogP contribution is 2.30. The van der Waals surface area contributed by atoms with Gasteiger partial charge in [-0.3, -0.25) is 19.3 Å². The normalized spacial score (nSPS) is 16.0. The van der Waals surface area contributed by atoms with Crippen molar-refractivity contribution in [3.63, 3.8) is 0 Å². The highest BCUT2D eigenvalue weighted by molar-refractivity contribution is 5.76. The van der Waals surface area contributed by atoms with Gasteiger partial charge in [0.1, 0.15) is 6.10 Å². The molecule has 0 radical (unpaired) electrons. The summed E-state index contributed by atoms with van der Waals surface area (Å²) in [5, 5.41) is 0. The van der Waals surface area contributed by atoms with Crippen molar-refractivity contribution in [3.8, 4) is 0 Å². The number of hydrogen-bond acceptors (Lipinski definition) is 9. The fraction of sp³-hybridized carbons (Fsp3) is 0.946. The molecule has 0 saturated carbocycles. The van der Waals surface area contributed by atoms with Crippen LogP contribution in [0.5, 0.6) is 0 Å². The molecule has 384 valence electrons. The summed E-state index contributed by atoms with van der Waals surface area (Å²) < 4.78 is 23.9. The highest BCUT2D eigenvalue weighted by Gasteiger charge is 2.35. The van der Waals surface area contributed by atoms with E-state index in [1.807, 2.05) is 46.7 Å². The van der Waals surface area contributed by atoms with Gasteiger partial charge in [0.05, 0.1) is 37.1 Å². The van der Waals surface area contributed by atoms with Crippen molar-refractivity contribution < 1.29 is 33.3 Å². The summed E-state index contributed by atoms with van der Waals surface area (Å²) in [5.74, 6) is 1.26. The maximum Gasteiger partial charge on any atom is 0.311 e. The number of hydrogen-bond donors (Lipinski definition) is 0. The number of likely N-dealkylation sites (tertiary alicyclic amines) is 1. The van der Waals surface area contributed by atoms with Crippen LogP contribution in [0.2, 0.25) is 0 Å². The summed E-state index contributed by atoms with van der Waals surface area (Å²) in [7, 11) is 3.94. The molecule has 0 N–H and O–H groups in total. The second-order valence-electron chi connectivity index (χ2n) is 21.8. The first-order valence-corrected chi connectivity index (χ1v) is 27.7. The van der Waals surface area contributed by atoms with Gasteiger partial charge in [-0.15, -0.1) is 0 Å². The van der Waals surface area contributed by atoms with Gasteiger partial charge < -0.3 is 23.8 Å². The molecule has 0 aliphatic carbocycles. The minimum Gasteiger partial charge on any atom is -0.465 e. The van der Waals surface area contributed by atoms with Crippen molar-refractivity contribution in [2.75, 3.05) is 60.2 Å². The number of esters is 3. The van der Waals surface area contributed by atoms with Crippen LogP contribution in [0.1, 0.15) is 248 Å². The largest absolute Gasteiger partial charge is 0.465 e. The zero-order chi connectivity index (χ0) is 48.2. The van der Waals surface area contributed by atoms with Crippen LogP contribution in [0.3, 0.4) is 0 Å². The van der Waals surface area contributed by atoms with Crippen LogP contribution in [0.15, 0.2) is 0 Å². The molecule has 1 aliphatic rings. The van der Waals surface area contributed by atoms with E-state index in [9.17, 15) is 14.4 Å². The van der Waals surface area contributed by atoms with Gasteiger partial charge >= 0.3 is 17.9 Å². The van der Waals surface area contributed by atoms with Crippen molar-refractivity contribution in [2.45, 2.75) is 260 Å². The molecule has 1 unspecified atom stereocenters. The zero-order valence-electron chi connectivity index (χ0n) is 44.7. The molecule has 9 nitrogen and oxygen atoms in total. The second kappa shape index (κ2) is 38.2. The van der Waals surface area contributed by atoms with Crippen LogP contribution in [-0.4, -0.2) is 100 Å². The molecule has 2 atom stereocenters. The third-order valence-corrected chi connectivity index (χ3v) is 14.1. The predicted molar refractivity (Wildman–Crippen MR) is 272 cm³/mol. The van der Waals surface area contributed by atoms with Gasteiger partial charge in [-0.1, -0.05) is 156 Å². The Labute approximate surface area is 402 Å². The van der Waals surface area contributed by atoms with E-state index < -0.39 is 10.8 Å². The highest BCUT2D eigenvalue weighted by atomic mass is 16.5. The molecule has 65 heavy (non-hydrogen) atoms. The molecule has 0 aromatic carbocycles. The number of ether oxygens (including phenoxy) is 4. The summed E-state index contributed by atoms with van der Waals surface area (Å²) in [6, 6.07) is 0.201. The Kier molecular flexibility index (Phi) is 36.0. The van der Waals surface area contributed by atoms with E-state index in [2.05, 4.69) is 32.6 Å². The summed E-state index contributed by atoms with van der Waals surface area (Å²) in [6.45, 7) is 21.9. The Morgan fingerprint density at radius 2 is 1.02 bits per heavy atom. The number of carbonyl (C=O) groups is 3. The number of carbonyl (C=O) groups excluding carboxylic acids is 3. The van der Waals surface area contributed by atoms with Crippen LogP contribution in [-0.2, 0) is 33.3 Å². The van der Waals surface area contributed by atoms with E-state index in [0.717, 1.165) is 102 Å². The van der Waals surface area contributed by atoms with E-state index in [1.165, 1.54) is 109 Å². The van der Waals surface area contributed by atoms with Gasteiger partial charge in [0.15, 0.2) is 0 Å². The van der Waals surface area contributed by atoms with Crippen molar-refractivity contribution >= 4 is 17.9 Å². The minimum atomic E-state index is -0.511. The SMILES string of the molecule is CCCCCC(CCCCC)CCCOC(=O)C(C)(C)CCCCCCOCC1C[C@H](OC(=O)CCN(C)C)CN1CCCCC(C)(C)C(=O)OCCCC(CCCCC)CCCCC. The Balaban J connectivity index is 2.49. The first-order valence-electron chi connectivity index (χ1n) is 27.7. The number of rotatable bonds is 44. The van der Waals surface area contributed by atoms with Crippen LogP contribution >= 0.6 is 0 Å². The van der Waals surface area contributed by atoms with Crippen molar-refractivity contribution in [3.05, 3.63) is 0 Å². The molecular formula is C56H108N2O7. The van der Waals surface area contributed by atoms with Gasteiger partial charge in [-0.05, 0) is 112 Å². The van der Waals surface area contributed by atoms with E-state index in [-0.39, 0.29) is 30.1 Å². The topological polar surface area (TPSA) is 94.6 Å². The van der Waals surface area contributed by atoms with Gasteiger partial charge in [0.25, 0.3) is 0 Å². The average Bonchev–Trinajstić information content (AvgIpc) is 3.65. The lowest BCUT2D eigenvalue weighted by Gasteiger charge is -2.26. The Bertz CT molecular complexity index is 1160. The summed E-state index contributed by atoms with van der Waals surface area (Å²) in [6.07, 6.45) is 33.8. The third-order valence-electron chi connectivity index (χ3n) is 14.1. The van der Waals surface area contributed by atoms with Crippen LogP contribution in [0.4, 0.5) is 0 Å². The molecule has 1 aliphatic heterocycles. The molecule has 1 fully saturated rings. The monoisotopic (exact) mass is 921 g/mol. The van der Waals surface area contributed by atoms with Crippen molar-refractivity contribution in [2.24, 2.45) is 22.7 Å². The molecule has 1 saturated heterocycles. The molecular weight excluding hydrogens is 813 g/mol. The van der Waals surface area contributed by atoms with Crippen LogP contribution in [0.25, 0.3) is 0 Å². The van der Waals surface area contributed by atoms with Gasteiger partial charge in [-0.25, -0.2) is 0 Å². The summed E-state index contributed by atoms with van der Waals surface area (Å²) >= 11 is 0. The fourth-order valence-corrected chi connectivity index (χ4v) is 9.52. The van der Waals surface area contributed by atoms with Gasteiger partial charge in [-0.2, -0.15) is 0 Å². The maximum absolute atomic E-state index is 13.2. The van der Waals surface area contributed by atoms with Crippen LogP contribution < -0.4 is 0 Å². The summed E-state index contributed by atoms with van der Waals surface area (Å²) in [4.78, 5) is 43.3. The van der Waals surface area contributed by atoms with Gasteiger partial charge in [0.2, 0.25) is 0 Å². The Morgan fingerprint density at radius 1 is 0.569 bits per heavy atom. The molecule has 0 aromatic rings. The Morgan fingerprint density at radius 3 is 1.48 bits per heavy atom. The fourth-order valence-electron chi connectivity index (χ4n) is 9.52. The van der Waals surface area contributed by atoms with E-state index in [0.29, 0.717) is 39.4 Å². The Hall–Kier alpha value is -1.71. The van der Waals surface area contributed by atoms with Crippen molar-refractivity contribution in [1.82, 2.24) is 9.80 Å². The molecule has 9 heteroatoms. The van der Waals surface area contributed by atoms with Crippen molar-refractivity contribution in [1.29, 1.82) is 0 Å². The maximum atomic E-state index is 13.2. The lowest BCUT2D eigenvalue weighted by Crippen LogP contribution is -2.34. The van der Waals surface area contributed by atoms with Crippen LogP contribution in [0, 0.1) is 22.7 Å². The molecule has 0 amide bonds. The second-order valence-corrected chi connectivity index (χ2v) is 21.8. The zero-order valence-corrected chi connectivity index (χ0v) is 44.7. The van der Waals surface area contributed by atoms with E-state index in [4.69, 9.17) is 18.9 Å². The third kappa shape index (κ3) is 31.1. The number of unbranched alkanes of at least 4 members (excludes halogenated alkanes) is 12. The lowest BCUT2D eigenvalue weighted by molar-refractivity contribution is -0.155. The lowest BCUT2D eigenvalue weighted by atomic mass is 9.87. The molecule has 0 bridgehead atoms. The first kappa shape index (κ1) is 61.3. The van der Waals surface area contributed by atoms with E-state index >= 15 is 0 Å². The average molecular weight is 921 g/mol. The van der Waals surface area contributed by atoms with Gasteiger partial charge in [0, 0.05) is 32.2 Å². The molecule has 0 spiro atoms. The summed E-state index contributed by atoms with van der Waals surface area (Å²) in [5.41, 5.74) is -0.969. The smallest absolute Gasteiger partial charge is 0.311 e. The van der Waals surface area contributed by atoms with E-state index in [1.54, 1.807) is 0 Å². The molecule has 1 heterocycles. The minimum absolute atomic E-state index is 0.0524. The standard InChI is InChI=1S/C56H108N2O7/c1-11-15-21-31-48(32-22-16-12-2)35-29-43-63-53(60)55(5,6)38-25-19-20-28-42-62-47-50-45-51(65-52(59)37-41-57(9)10)46-58(50)40-27-26-39-56(7,8)54(61)64-44-30-36-49(33-23-17-13-3)34-24-18-14-4/h48-51H,11-47H2,1-10H3/t50?,51-/m0/s1. The quantitative estimate of drug-likeness (QED) is 0.0336. The number of nitrogens with zero attached hydrogens (tertiary/aromatic N) is 2. The predicted octanol–water partition coefficient (Wildman–Crippen LogP) is 14.3.